The van der Waals surface area contributed by atoms with Crippen LogP contribution in [0.2, 0.25) is 0 Å². The Morgan fingerprint density at radius 3 is 2.67 bits per heavy atom. The second-order valence-corrected chi connectivity index (χ2v) is 3.44. The fraction of sp³-hybridized carbons (Fsp3) is 0.333. The largest absolute Gasteiger partial charge is 0.508 e. The van der Waals surface area contributed by atoms with Crippen LogP contribution in [-0.2, 0) is 6.54 Å². The van der Waals surface area contributed by atoms with Crippen LogP contribution < -0.4 is 0 Å². The number of para-hydroxylation sites is 1. The number of benzene rings is 1. The maximum absolute atomic E-state index is 9.43. The molecule has 1 N–H and O–H groups in total. The number of hydrogen-bond acceptors (Lipinski definition) is 2. The van der Waals surface area contributed by atoms with Crippen LogP contribution in [0.1, 0.15) is 5.56 Å². The van der Waals surface area contributed by atoms with Gasteiger partial charge >= 0.3 is 0 Å². The Labute approximate surface area is 86.3 Å². The molecule has 0 saturated heterocycles. The number of nitrogens with zero attached hydrogens (tertiary/aromatic N) is 1. The van der Waals surface area contributed by atoms with E-state index in [1.807, 2.05) is 25.2 Å². The summed E-state index contributed by atoms with van der Waals surface area (Å²) in [5.74, 6) is 0.384. The summed E-state index contributed by atoms with van der Waals surface area (Å²) in [5, 5.41) is 9.43. The summed E-state index contributed by atoms with van der Waals surface area (Å²) in [7, 11) is 2.03. The monoisotopic (exact) mass is 277 g/mol. The smallest absolute Gasteiger partial charge is 0.120 e. The number of rotatable bonds is 3. The maximum Gasteiger partial charge on any atom is 0.120 e. The van der Waals surface area contributed by atoms with Crippen molar-refractivity contribution >= 4 is 22.6 Å². The van der Waals surface area contributed by atoms with Gasteiger partial charge < -0.3 is 5.11 Å². The molecule has 0 aliphatic carbocycles. The molecule has 12 heavy (non-hydrogen) atoms. The van der Waals surface area contributed by atoms with Crippen LogP contribution >= 0.6 is 22.6 Å². The minimum Gasteiger partial charge on any atom is -0.508 e. The van der Waals surface area contributed by atoms with Crippen molar-refractivity contribution in [2.24, 2.45) is 0 Å². The third kappa shape index (κ3) is 2.64. The fourth-order valence-electron chi connectivity index (χ4n) is 0.978. The fourth-order valence-corrected chi connectivity index (χ4v) is 1.22. The van der Waals surface area contributed by atoms with Gasteiger partial charge in [0.05, 0.1) is 4.55 Å². The Balaban J connectivity index is 2.69. The van der Waals surface area contributed by atoms with E-state index in [2.05, 4.69) is 27.5 Å². The first kappa shape index (κ1) is 9.80. The zero-order valence-corrected chi connectivity index (χ0v) is 9.15. The first-order chi connectivity index (χ1) is 5.74. The van der Waals surface area contributed by atoms with Crippen molar-refractivity contribution < 1.29 is 5.11 Å². The van der Waals surface area contributed by atoms with E-state index < -0.39 is 0 Å². The molecule has 1 aromatic rings. The lowest BCUT2D eigenvalue weighted by Gasteiger charge is -2.13. The summed E-state index contributed by atoms with van der Waals surface area (Å²) in [4.78, 5) is 2.13. The highest BCUT2D eigenvalue weighted by Gasteiger charge is 2.01. The van der Waals surface area contributed by atoms with Gasteiger partial charge in [0.25, 0.3) is 0 Å². The lowest BCUT2D eigenvalue weighted by molar-refractivity contribution is 0.379. The predicted octanol–water partition coefficient (Wildman–Crippen LogP) is 2.22. The highest BCUT2D eigenvalue weighted by molar-refractivity contribution is 14.1. The quantitative estimate of drug-likeness (QED) is 0.520. The number of hydrogen-bond donors (Lipinski definition) is 1. The van der Waals surface area contributed by atoms with Gasteiger partial charge in [0.2, 0.25) is 0 Å². The summed E-state index contributed by atoms with van der Waals surface area (Å²) in [5.41, 5.74) is 0.983. The van der Waals surface area contributed by atoms with E-state index in [1.54, 1.807) is 6.07 Å². The molecule has 0 unspecified atom stereocenters. The summed E-state index contributed by atoms with van der Waals surface area (Å²) in [6, 6.07) is 7.44. The van der Waals surface area contributed by atoms with Gasteiger partial charge in [0.15, 0.2) is 0 Å². The van der Waals surface area contributed by atoms with Gasteiger partial charge in [0, 0.05) is 12.1 Å². The third-order valence-corrected chi connectivity index (χ3v) is 2.80. The second kappa shape index (κ2) is 4.67. The zero-order chi connectivity index (χ0) is 8.97. The van der Waals surface area contributed by atoms with E-state index in [1.165, 1.54) is 0 Å². The molecule has 3 heteroatoms. The van der Waals surface area contributed by atoms with E-state index in [0.717, 1.165) is 16.7 Å². The first-order valence-corrected chi connectivity index (χ1v) is 5.28. The van der Waals surface area contributed by atoms with Crippen LogP contribution in [0.5, 0.6) is 5.75 Å². The van der Waals surface area contributed by atoms with Crippen LogP contribution in [0.25, 0.3) is 0 Å². The Morgan fingerprint density at radius 1 is 1.42 bits per heavy atom. The van der Waals surface area contributed by atoms with Crippen LogP contribution in [-0.4, -0.2) is 21.6 Å². The van der Waals surface area contributed by atoms with Gasteiger partial charge in [-0.1, -0.05) is 40.8 Å². The lowest BCUT2D eigenvalue weighted by Crippen LogP contribution is -2.14. The molecule has 0 spiro atoms. The third-order valence-electron chi connectivity index (χ3n) is 1.64. The van der Waals surface area contributed by atoms with E-state index in [4.69, 9.17) is 0 Å². The van der Waals surface area contributed by atoms with Gasteiger partial charge in [0.1, 0.15) is 5.75 Å². The van der Waals surface area contributed by atoms with Crippen LogP contribution in [0.4, 0.5) is 0 Å². The van der Waals surface area contributed by atoms with Crippen LogP contribution in [0.3, 0.4) is 0 Å². The van der Waals surface area contributed by atoms with Gasteiger partial charge in [-0.3, -0.25) is 4.90 Å². The molecule has 1 rings (SSSR count). The van der Waals surface area contributed by atoms with E-state index in [0.29, 0.717) is 5.75 Å². The van der Waals surface area contributed by atoms with Gasteiger partial charge in [-0.15, -0.1) is 0 Å². The summed E-state index contributed by atoms with van der Waals surface area (Å²) < 4.78 is 0.964. The average molecular weight is 277 g/mol. The van der Waals surface area contributed by atoms with Crippen molar-refractivity contribution in [3.63, 3.8) is 0 Å². The molecule has 0 aromatic heterocycles. The number of phenols is 1. The van der Waals surface area contributed by atoms with Crippen molar-refractivity contribution in [1.82, 2.24) is 4.90 Å². The number of alkyl halides is 1. The molecule has 66 valence electrons. The minimum atomic E-state index is 0.384. The molecule has 0 amide bonds. The van der Waals surface area contributed by atoms with Crippen LogP contribution in [0, 0.1) is 0 Å². The minimum absolute atomic E-state index is 0.384. The highest BCUT2D eigenvalue weighted by Crippen LogP contribution is 2.17. The molecular formula is C9H12INO. The zero-order valence-electron chi connectivity index (χ0n) is 7.00. The lowest BCUT2D eigenvalue weighted by atomic mass is 10.2. The highest BCUT2D eigenvalue weighted by atomic mass is 127. The Bertz CT molecular complexity index is 252. The molecule has 0 radical (unpaired) electrons. The van der Waals surface area contributed by atoms with Crippen molar-refractivity contribution in [1.29, 1.82) is 0 Å². The Morgan fingerprint density at radius 2 is 2.08 bits per heavy atom. The molecule has 0 heterocycles. The molecule has 2 nitrogen and oxygen atoms in total. The Kier molecular flexibility index (Phi) is 3.81. The predicted molar refractivity (Wildman–Crippen MR) is 58.5 cm³/mol. The maximum atomic E-state index is 9.43. The summed E-state index contributed by atoms with van der Waals surface area (Å²) >= 11 is 2.30. The standard InChI is InChI=1S/C9H12INO/c1-11(7-10)6-8-4-2-3-5-9(8)12/h2-5,12H,6-7H2,1H3. The van der Waals surface area contributed by atoms with Crippen molar-refractivity contribution in [2.75, 3.05) is 11.6 Å². The van der Waals surface area contributed by atoms with Crippen molar-refractivity contribution in [3.05, 3.63) is 29.8 Å². The molecule has 1 aromatic carbocycles. The molecule has 0 aliphatic rings. The first-order valence-electron chi connectivity index (χ1n) is 3.75. The van der Waals surface area contributed by atoms with E-state index in [-0.39, 0.29) is 0 Å². The normalized spacial score (nSPS) is 10.6. The number of phenolic OH excluding ortho intramolecular Hbond substituents is 1. The molecule has 0 atom stereocenters. The summed E-state index contributed by atoms with van der Waals surface area (Å²) in [6.45, 7) is 0.801. The van der Waals surface area contributed by atoms with Crippen molar-refractivity contribution in [3.8, 4) is 5.75 Å². The van der Waals surface area contributed by atoms with Gasteiger partial charge in [-0.05, 0) is 13.1 Å². The number of halogens is 1. The van der Waals surface area contributed by atoms with E-state index >= 15 is 0 Å². The van der Waals surface area contributed by atoms with E-state index in [9.17, 15) is 5.11 Å². The van der Waals surface area contributed by atoms with Gasteiger partial charge in [-0.25, -0.2) is 0 Å². The molecular weight excluding hydrogens is 265 g/mol. The molecule has 0 bridgehead atoms. The van der Waals surface area contributed by atoms with Crippen molar-refractivity contribution in [2.45, 2.75) is 6.54 Å². The Hall–Kier alpha value is -0.290. The van der Waals surface area contributed by atoms with Crippen LogP contribution in [0.15, 0.2) is 24.3 Å². The second-order valence-electron chi connectivity index (χ2n) is 2.76. The number of aromatic hydroxyl groups is 1. The molecule has 0 saturated carbocycles. The average Bonchev–Trinajstić information content (AvgIpc) is 2.09. The SMILES string of the molecule is CN(CI)Cc1ccccc1O. The summed E-state index contributed by atoms with van der Waals surface area (Å²) in [6.07, 6.45) is 0. The topological polar surface area (TPSA) is 23.5 Å². The molecule has 0 aliphatic heterocycles. The van der Waals surface area contributed by atoms with Gasteiger partial charge in [-0.2, -0.15) is 0 Å². The molecule has 0 fully saturated rings.